The third kappa shape index (κ3) is 4.31. The van der Waals surface area contributed by atoms with Crippen LogP contribution in [-0.2, 0) is 9.59 Å². The fourth-order valence-electron chi connectivity index (χ4n) is 4.77. The summed E-state index contributed by atoms with van der Waals surface area (Å²) in [6, 6.07) is 17.2. The molecule has 0 radical (unpaired) electrons. The molecule has 0 saturated carbocycles. The number of aliphatic hydroxyl groups is 1. The van der Waals surface area contributed by atoms with Crippen molar-refractivity contribution in [2.75, 3.05) is 50.1 Å². The smallest absolute Gasteiger partial charge is 0.300 e. The number of likely N-dealkylation sites (N-methyl/N-ethyl adjacent to an activating group) is 1. The number of rotatable bonds is 5. The number of benzene rings is 2. The normalized spacial score (nSPS) is 20.1. The van der Waals surface area contributed by atoms with Crippen LogP contribution in [0.4, 0.5) is 11.4 Å². The van der Waals surface area contributed by atoms with E-state index in [0.29, 0.717) is 22.6 Å². The molecule has 0 aliphatic carbocycles. The van der Waals surface area contributed by atoms with Crippen molar-refractivity contribution in [3.05, 3.63) is 89.8 Å². The van der Waals surface area contributed by atoms with Crippen molar-refractivity contribution in [1.29, 1.82) is 0 Å². The third-order valence-electron chi connectivity index (χ3n) is 6.78. The fraction of sp³-hybridized carbons (Fsp3) is 0.250. The van der Waals surface area contributed by atoms with Crippen LogP contribution in [0.15, 0.2) is 78.6 Å². The second kappa shape index (κ2) is 9.83. The van der Waals surface area contributed by atoms with Crippen LogP contribution in [0.1, 0.15) is 17.2 Å². The van der Waals surface area contributed by atoms with E-state index in [1.807, 2.05) is 24.3 Å². The highest BCUT2D eigenvalue weighted by atomic mass is 16.5. The zero-order valence-electron chi connectivity index (χ0n) is 20.3. The molecule has 0 bridgehead atoms. The molecule has 2 saturated heterocycles. The second-order valence-corrected chi connectivity index (χ2v) is 8.99. The van der Waals surface area contributed by atoms with Gasteiger partial charge in [-0.05, 0) is 55.1 Å². The molecule has 1 atom stereocenters. The zero-order chi connectivity index (χ0) is 25.2. The first-order valence-corrected chi connectivity index (χ1v) is 11.9. The molecule has 36 heavy (non-hydrogen) atoms. The van der Waals surface area contributed by atoms with Gasteiger partial charge in [0.15, 0.2) is 0 Å². The van der Waals surface area contributed by atoms with E-state index in [9.17, 15) is 14.7 Å². The number of methoxy groups -OCH3 is 1. The van der Waals surface area contributed by atoms with Gasteiger partial charge in [0.25, 0.3) is 11.7 Å². The molecule has 2 aliphatic rings. The predicted molar refractivity (Wildman–Crippen MR) is 138 cm³/mol. The van der Waals surface area contributed by atoms with E-state index in [-0.39, 0.29) is 11.3 Å². The number of amides is 1. The number of nitrogens with zero attached hydrogens (tertiary/aromatic N) is 4. The first kappa shape index (κ1) is 23.6. The fourth-order valence-corrected chi connectivity index (χ4v) is 4.77. The van der Waals surface area contributed by atoms with Gasteiger partial charge in [0.05, 0.1) is 18.7 Å². The van der Waals surface area contributed by atoms with E-state index >= 15 is 0 Å². The molecule has 1 aromatic heterocycles. The number of anilines is 2. The number of carbonyl (C=O) groups excluding carboxylic acids is 2. The van der Waals surface area contributed by atoms with E-state index in [0.717, 1.165) is 31.9 Å². The minimum Gasteiger partial charge on any atom is -0.507 e. The van der Waals surface area contributed by atoms with Gasteiger partial charge in [0.1, 0.15) is 11.5 Å². The van der Waals surface area contributed by atoms with Gasteiger partial charge in [-0.15, -0.1) is 0 Å². The van der Waals surface area contributed by atoms with Gasteiger partial charge in [-0.1, -0.05) is 18.2 Å². The Morgan fingerprint density at radius 1 is 0.972 bits per heavy atom. The van der Waals surface area contributed by atoms with Gasteiger partial charge in [-0.25, -0.2) is 0 Å². The molecule has 0 spiro atoms. The largest absolute Gasteiger partial charge is 0.507 e. The molecular weight excluding hydrogens is 456 g/mol. The Bertz CT molecular complexity index is 1300. The minimum absolute atomic E-state index is 0.0180. The number of Topliss-reactive ketones (excluding diaryl/α,β-unsaturated/α-hetero) is 1. The second-order valence-electron chi connectivity index (χ2n) is 8.99. The molecule has 1 N–H and O–H groups in total. The summed E-state index contributed by atoms with van der Waals surface area (Å²) in [4.78, 5) is 36.9. The summed E-state index contributed by atoms with van der Waals surface area (Å²) in [6.45, 7) is 3.83. The van der Waals surface area contributed by atoms with Gasteiger partial charge in [0.2, 0.25) is 0 Å². The van der Waals surface area contributed by atoms with Gasteiger partial charge >= 0.3 is 0 Å². The summed E-state index contributed by atoms with van der Waals surface area (Å²) in [6.07, 6.45) is 3.24. The van der Waals surface area contributed by atoms with Gasteiger partial charge in [-0.2, -0.15) is 0 Å². The van der Waals surface area contributed by atoms with Crippen molar-refractivity contribution >= 4 is 28.8 Å². The Labute approximate surface area is 210 Å². The standard InChI is InChI=1S/C28H28N4O4/c1-30-13-15-31(16-14-30)21-8-10-22(11-9-21)32-25(20-6-4-12-29-18-20)24(27(34)28(32)35)26(33)19-5-3-7-23(17-19)36-2/h3-12,17-18,25,33H,13-16H2,1-2H3/b26-24+. The minimum atomic E-state index is -0.820. The topological polar surface area (TPSA) is 86.2 Å². The van der Waals surface area contributed by atoms with Crippen molar-refractivity contribution in [2.24, 2.45) is 0 Å². The lowest BCUT2D eigenvalue weighted by Gasteiger charge is -2.34. The van der Waals surface area contributed by atoms with E-state index in [1.54, 1.807) is 48.8 Å². The van der Waals surface area contributed by atoms with Crippen molar-refractivity contribution in [3.63, 3.8) is 0 Å². The van der Waals surface area contributed by atoms with Crippen LogP contribution in [0.25, 0.3) is 5.76 Å². The molecule has 8 nitrogen and oxygen atoms in total. The number of pyridine rings is 1. The van der Waals surface area contributed by atoms with Crippen LogP contribution in [0.3, 0.4) is 0 Å². The molecule has 3 aromatic rings. The molecule has 8 heteroatoms. The maximum Gasteiger partial charge on any atom is 0.300 e. The van der Waals surface area contributed by atoms with Crippen LogP contribution < -0.4 is 14.5 Å². The van der Waals surface area contributed by atoms with Crippen LogP contribution in [0, 0.1) is 0 Å². The summed E-state index contributed by atoms with van der Waals surface area (Å²) in [5.74, 6) is -1.16. The Balaban J connectivity index is 1.57. The first-order valence-electron chi connectivity index (χ1n) is 11.9. The Kier molecular flexibility index (Phi) is 6.43. The highest BCUT2D eigenvalue weighted by Crippen LogP contribution is 2.42. The molecule has 1 unspecified atom stereocenters. The average molecular weight is 485 g/mol. The molecule has 2 aliphatic heterocycles. The molecule has 2 aromatic carbocycles. The lowest BCUT2D eigenvalue weighted by molar-refractivity contribution is -0.132. The molecular formula is C28H28N4O4. The monoisotopic (exact) mass is 484 g/mol. The number of hydrogen-bond donors (Lipinski definition) is 1. The molecule has 1 amide bonds. The molecule has 2 fully saturated rings. The number of aliphatic hydroxyl groups excluding tert-OH is 1. The Morgan fingerprint density at radius 3 is 2.36 bits per heavy atom. The van der Waals surface area contributed by atoms with Crippen LogP contribution in [0.5, 0.6) is 5.75 Å². The summed E-state index contributed by atoms with van der Waals surface area (Å²) >= 11 is 0. The number of piperazine rings is 1. The lowest BCUT2D eigenvalue weighted by atomic mass is 9.96. The number of hydrogen-bond acceptors (Lipinski definition) is 7. The van der Waals surface area contributed by atoms with Crippen molar-refractivity contribution in [2.45, 2.75) is 6.04 Å². The van der Waals surface area contributed by atoms with Gasteiger partial charge in [0, 0.05) is 55.5 Å². The van der Waals surface area contributed by atoms with Gasteiger partial charge < -0.3 is 19.6 Å². The van der Waals surface area contributed by atoms with Crippen LogP contribution >= 0.6 is 0 Å². The third-order valence-corrected chi connectivity index (χ3v) is 6.78. The summed E-state index contributed by atoms with van der Waals surface area (Å²) in [7, 11) is 3.64. The molecule has 5 rings (SSSR count). The highest BCUT2D eigenvalue weighted by Gasteiger charge is 2.47. The van der Waals surface area contributed by atoms with Crippen molar-refractivity contribution in [1.82, 2.24) is 9.88 Å². The van der Waals surface area contributed by atoms with Crippen molar-refractivity contribution in [3.8, 4) is 5.75 Å². The molecule has 184 valence electrons. The number of aromatic nitrogens is 1. The summed E-state index contributed by atoms with van der Waals surface area (Å²) in [5.41, 5.74) is 2.69. The summed E-state index contributed by atoms with van der Waals surface area (Å²) in [5, 5.41) is 11.3. The quantitative estimate of drug-likeness (QED) is 0.337. The summed E-state index contributed by atoms with van der Waals surface area (Å²) < 4.78 is 5.27. The van der Waals surface area contributed by atoms with Gasteiger partial charge in [-0.3, -0.25) is 19.5 Å². The number of carbonyl (C=O) groups is 2. The Hall–Kier alpha value is -4.17. The van der Waals surface area contributed by atoms with E-state index in [4.69, 9.17) is 4.74 Å². The maximum absolute atomic E-state index is 13.4. The number of ketones is 1. The maximum atomic E-state index is 13.4. The molecule has 3 heterocycles. The SMILES string of the molecule is COc1cccc(/C(O)=C2\C(=O)C(=O)N(c3ccc(N4CCN(C)CC4)cc3)C2c2cccnc2)c1. The van der Waals surface area contributed by atoms with E-state index in [2.05, 4.69) is 21.8 Å². The Morgan fingerprint density at radius 2 is 1.69 bits per heavy atom. The lowest BCUT2D eigenvalue weighted by Crippen LogP contribution is -2.44. The highest BCUT2D eigenvalue weighted by molar-refractivity contribution is 6.51. The average Bonchev–Trinajstić information content (AvgIpc) is 3.19. The number of ether oxygens (including phenoxy) is 1. The van der Waals surface area contributed by atoms with Crippen LogP contribution in [0.2, 0.25) is 0 Å². The van der Waals surface area contributed by atoms with Crippen LogP contribution in [-0.4, -0.2) is 67.0 Å². The van der Waals surface area contributed by atoms with E-state index in [1.165, 1.54) is 12.0 Å². The van der Waals surface area contributed by atoms with Crippen molar-refractivity contribution < 1.29 is 19.4 Å². The zero-order valence-corrected chi connectivity index (χ0v) is 20.3. The van der Waals surface area contributed by atoms with E-state index < -0.39 is 17.7 Å². The predicted octanol–water partition coefficient (Wildman–Crippen LogP) is 3.47. The first-order chi connectivity index (χ1) is 17.5.